The van der Waals surface area contributed by atoms with Gasteiger partial charge in [-0.3, -0.25) is 15.3 Å². The summed E-state index contributed by atoms with van der Waals surface area (Å²) in [5.74, 6) is 1.53. The Morgan fingerprint density at radius 3 is 2.43 bits per heavy atom. The van der Waals surface area contributed by atoms with Crippen molar-refractivity contribution in [2.24, 2.45) is 5.92 Å². The molecule has 11 nitrogen and oxygen atoms in total. The van der Waals surface area contributed by atoms with Crippen LogP contribution in [0.4, 0.5) is 5.82 Å². The quantitative estimate of drug-likeness (QED) is 0.410. The molecule has 0 amide bonds. The lowest BCUT2D eigenvalue weighted by Crippen LogP contribution is -2.36. The summed E-state index contributed by atoms with van der Waals surface area (Å²) in [7, 11) is 0. The van der Waals surface area contributed by atoms with Crippen LogP contribution >= 0.6 is 0 Å². The number of aromatic nitrogens is 4. The lowest BCUT2D eigenvalue weighted by molar-refractivity contribution is -0.0549. The molecule has 1 fully saturated rings. The van der Waals surface area contributed by atoms with Crippen LogP contribution in [-0.2, 0) is 11.2 Å². The predicted octanol–water partition coefficient (Wildman–Crippen LogP) is -0.669. The first kappa shape index (κ1) is 21.9. The van der Waals surface area contributed by atoms with Gasteiger partial charge in [-0.15, -0.1) is 0 Å². The molecule has 0 unspecified atom stereocenters. The maximum absolute atomic E-state index is 11.6. The molecule has 1 aliphatic rings. The molecule has 3 heterocycles. The van der Waals surface area contributed by atoms with E-state index in [-0.39, 0.29) is 5.82 Å². The van der Waals surface area contributed by atoms with E-state index in [0.717, 1.165) is 16.8 Å². The Kier molecular flexibility index (Phi) is 7.96. The van der Waals surface area contributed by atoms with Gasteiger partial charge in [0.25, 0.3) is 0 Å². The Balaban J connectivity index is 0.000000237. The molecule has 28 heavy (non-hydrogen) atoms. The number of aliphatic hydroxyl groups excluding tert-OH is 3. The van der Waals surface area contributed by atoms with Crippen molar-refractivity contribution in [2.75, 3.05) is 12.1 Å². The van der Waals surface area contributed by atoms with Crippen molar-refractivity contribution in [2.45, 2.75) is 44.8 Å². The fraction of sp³-hybridized carbons (Fsp3) is 0.529. The van der Waals surface area contributed by atoms with Crippen molar-refractivity contribution in [1.29, 1.82) is 0 Å². The molecule has 0 spiro atoms. The van der Waals surface area contributed by atoms with Crippen LogP contribution in [-0.4, -0.2) is 65.0 Å². The SMILES string of the molecule is CC(C)Cc1ncccn1.O=c1nc(NO)ccn1[C@@H]1O[C@H](CO)[C@@H](O)[C@H]1O. The van der Waals surface area contributed by atoms with Crippen LogP contribution in [0.5, 0.6) is 0 Å². The average molecular weight is 395 g/mol. The average Bonchev–Trinajstić information content (AvgIpc) is 2.97. The maximum Gasteiger partial charge on any atom is 0.351 e. The zero-order valence-corrected chi connectivity index (χ0v) is 15.6. The molecule has 4 atom stereocenters. The molecule has 0 saturated carbocycles. The third kappa shape index (κ3) is 5.53. The lowest BCUT2D eigenvalue weighted by atomic mass is 10.1. The third-order valence-corrected chi connectivity index (χ3v) is 3.95. The number of rotatable bonds is 5. The van der Waals surface area contributed by atoms with Crippen LogP contribution in [0, 0.1) is 5.92 Å². The molecular formula is C17H25N5O6. The van der Waals surface area contributed by atoms with Gasteiger partial charge in [0.2, 0.25) is 0 Å². The van der Waals surface area contributed by atoms with E-state index in [9.17, 15) is 15.0 Å². The molecule has 2 aromatic rings. The first-order valence-corrected chi connectivity index (χ1v) is 8.75. The summed E-state index contributed by atoms with van der Waals surface area (Å²) >= 11 is 0. The number of nitrogens with one attached hydrogen (secondary N) is 1. The van der Waals surface area contributed by atoms with Crippen LogP contribution < -0.4 is 11.2 Å². The minimum atomic E-state index is -1.35. The monoisotopic (exact) mass is 395 g/mol. The summed E-state index contributed by atoms with van der Waals surface area (Å²) in [5, 5.41) is 36.8. The van der Waals surface area contributed by atoms with Crippen LogP contribution in [0.2, 0.25) is 0 Å². The lowest BCUT2D eigenvalue weighted by Gasteiger charge is -2.16. The fourth-order valence-corrected chi connectivity index (χ4v) is 2.58. The van der Waals surface area contributed by atoms with E-state index in [4.69, 9.17) is 15.1 Å². The molecule has 0 aliphatic carbocycles. The molecule has 1 saturated heterocycles. The van der Waals surface area contributed by atoms with Gasteiger partial charge in [-0.05, 0) is 18.1 Å². The van der Waals surface area contributed by atoms with Crippen molar-refractivity contribution < 1.29 is 25.3 Å². The van der Waals surface area contributed by atoms with Gasteiger partial charge in [0, 0.05) is 25.0 Å². The summed E-state index contributed by atoms with van der Waals surface area (Å²) in [6.45, 7) is 3.85. The Morgan fingerprint density at radius 2 is 1.93 bits per heavy atom. The van der Waals surface area contributed by atoms with Gasteiger partial charge in [0.15, 0.2) is 12.0 Å². The van der Waals surface area contributed by atoms with Crippen molar-refractivity contribution in [3.63, 3.8) is 0 Å². The molecule has 11 heteroatoms. The zero-order valence-electron chi connectivity index (χ0n) is 15.6. The Hall–Kier alpha value is -2.44. The van der Waals surface area contributed by atoms with Gasteiger partial charge >= 0.3 is 5.69 Å². The highest BCUT2D eigenvalue weighted by Gasteiger charge is 2.43. The number of hydrogen-bond donors (Lipinski definition) is 5. The van der Waals surface area contributed by atoms with Gasteiger partial charge in [-0.1, -0.05) is 13.8 Å². The number of nitrogens with zero attached hydrogens (tertiary/aromatic N) is 4. The highest BCUT2D eigenvalue weighted by atomic mass is 16.6. The van der Waals surface area contributed by atoms with Gasteiger partial charge in [0.05, 0.1) is 6.61 Å². The van der Waals surface area contributed by atoms with E-state index in [1.54, 1.807) is 17.9 Å². The Morgan fingerprint density at radius 1 is 1.25 bits per heavy atom. The molecule has 2 aromatic heterocycles. The number of hydrogen-bond acceptors (Lipinski definition) is 10. The molecule has 3 rings (SSSR count). The number of aliphatic hydroxyl groups is 3. The van der Waals surface area contributed by atoms with E-state index < -0.39 is 36.8 Å². The normalized spacial score (nSPS) is 24.0. The molecule has 154 valence electrons. The summed E-state index contributed by atoms with van der Waals surface area (Å²) in [6.07, 6.45) is 1.04. The molecule has 5 N–H and O–H groups in total. The van der Waals surface area contributed by atoms with Crippen LogP contribution in [0.3, 0.4) is 0 Å². The Bertz CT molecular complexity index is 787. The van der Waals surface area contributed by atoms with Crippen molar-refractivity contribution in [1.82, 2.24) is 19.5 Å². The van der Waals surface area contributed by atoms with Crippen molar-refractivity contribution in [3.8, 4) is 0 Å². The molecule has 1 aliphatic heterocycles. The van der Waals surface area contributed by atoms with E-state index >= 15 is 0 Å². The number of ether oxygens (including phenoxy) is 1. The standard InChI is InChI=1S/C9H13N3O6.C8H12N2/c13-3-4-6(14)7(15)8(18-4)12-2-1-5(11-17)10-9(12)16;1-7(2)6-8-9-4-3-5-10-8/h1-2,4,6-8,13-15,17H,3H2,(H,10,11,16);3-5,7H,6H2,1-2H3/t4-,6-,7-,8-;/m1./s1. The van der Waals surface area contributed by atoms with Crippen molar-refractivity contribution in [3.05, 3.63) is 47.0 Å². The third-order valence-electron chi connectivity index (χ3n) is 3.95. The van der Waals surface area contributed by atoms with Crippen LogP contribution in [0.25, 0.3) is 0 Å². The van der Waals surface area contributed by atoms with Crippen molar-refractivity contribution >= 4 is 5.82 Å². The van der Waals surface area contributed by atoms with Gasteiger partial charge in [-0.25, -0.2) is 14.8 Å². The summed E-state index contributed by atoms with van der Waals surface area (Å²) < 4.78 is 6.13. The summed E-state index contributed by atoms with van der Waals surface area (Å²) in [4.78, 5) is 23.3. The van der Waals surface area contributed by atoms with Crippen LogP contribution in [0.1, 0.15) is 25.9 Å². The molecule has 0 radical (unpaired) electrons. The highest BCUT2D eigenvalue weighted by molar-refractivity contribution is 5.28. The molecular weight excluding hydrogens is 370 g/mol. The first-order chi connectivity index (χ1) is 13.4. The zero-order chi connectivity index (χ0) is 20.7. The first-order valence-electron chi connectivity index (χ1n) is 8.75. The van der Waals surface area contributed by atoms with E-state index in [1.807, 2.05) is 6.07 Å². The number of anilines is 1. The smallest absolute Gasteiger partial charge is 0.351 e. The van der Waals surface area contributed by atoms with Crippen LogP contribution in [0.15, 0.2) is 35.5 Å². The minimum absolute atomic E-state index is 0.0528. The molecule has 0 bridgehead atoms. The highest BCUT2D eigenvalue weighted by Crippen LogP contribution is 2.27. The Labute approximate surface area is 161 Å². The minimum Gasteiger partial charge on any atom is -0.394 e. The second-order valence-corrected chi connectivity index (χ2v) is 6.61. The van der Waals surface area contributed by atoms with E-state index in [0.29, 0.717) is 5.92 Å². The largest absolute Gasteiger partial charge is 0.394 e. The molecule has 0 aromatic carbocycles. The second-order valence-electron chi connectivity index (χ2n) is 6.61. The van der Waals surface area contributed by atoms with Gasteiger partial charge in [-0.2, -0.15) is 4.98 Å². The topological polar surface area (TPSA) is 163 Å². The summed E-state index contributed by atoms with van der Waals surface area (Å²) in [6, 6.07) is 3.12. The van der Waals surface area contributed by atoms with E-state index in [1.165, 1.54) is 12.3 Å². The van der Waals surface area contributed by atoms with E-state index in [2.05, 4.69) is 28.8 Å². The maximum atomic E-state index is 11.6. The van der Waals surface area contributed by atoms with Gasteiger partial charge in [0.1, 0.15) is 24.1 Å². The predicted molar refractivity (Wildman–Crippen MR) is 97.5 cm³/mol. The second kappa shape index (κ2) is 10.2. The summed E-state index contributed by atoms with van der Waals surface area (Å²) in [5.41, 5.74) is 0.934. The van der Waals surface area contributed by atoms with Gasteiger partial charge < -0.3 is 20.1 Å². The fourth-order valence-electron chi connectivity index (χ4n) is 2.58.